The summed E-state index contributed by atoms with van der Waals surface area (Å²) in [6.07, 6.45) is 2.66. The number of hydrogen-bond acceptors (Lipinski definition) is 1. The average Bonchev–Trinajstić information content (AvgIpc) is 2.17. The molecule has 16 heavy (non-hydrogen) atoms. The Kier molecular flexibility index (Phi) is 7.25. The fraction of sp³-hybridized carbons (Fsp3) is 0.857. The van der Waals surface area contributed by atoms with E-state index in [0.717, 1.165) is 0 Å². The maximum atomic E-state index is 4.25. The van der Waals surface area contributed by atoms with Crippen molar-refractivity contribution in [1.82, 2.24) is 4.90 Å². The van der Waals surface area contributed by atoms with Crippen molar-refractivity contribution in [2.24, 2.45) is 0 Å². The van der Waals surface area contributed by atoms with Crippen LogP contribution in [0.3, 0.4) is 0 Å². The van der Waals surface area contributed by atoms with Crippen LogP contribution in [0.25, 0.3) is 0 Å². The predicted molar refractivity (Wildman–Crippen MR) is 78.7 cm³/mol. The van der Waals surface area contributed by atoms with Crippen LogP contribution in [0.15, 0.2) is 12.2 Å². The fourth-order valence-corrected chi connectivity index (χ4v) is 9.48. The number of rotatable bonds is 8. The summed E-state index contributed by atoms with van der Waals surface area (Å²) < 4.78 is 0. The maximum absolute atomic E-state index is 4.25. The van der Waals surface area contributed by atoms with Crippen molar-refractivity contribution < 1.29 is 0 Å². The third-order valence-corrected chi connectivity index (χ3v) is 10.3. The number of hydrogen-bond donors (Lipinski definition) is 0. The molecule has 0 aliphatic heterocycles. The Balaban J connectivity index is 5.14. The molecule has 0 fully saturated rings. The minimum absolute atomic E-state index is 0.664. The summed E-state index contributed by atoms with van der Waals surface area (Å²) >= 11 is 0. The number of likely N-dealkylation sites (N-methyl/N-ethyl adjacent to an activating group) is 1. The van der Waals surface area contributed by atoms with E-state index in [2.05, 4.69) is 53.3 Å². The van der Waals surface area contributed by atoms with Gasteiger partial charge in [0.1, 0.15) is 0 Å². The minimum atomic E-state index is -1.20. The van der Waals surface area contributed by atoms with E-state index in [0.29, 0.717) is 5.67 Å². The van der Waals surface area contributed by atoms with Gasteiger partial charge in [0, 0.05) is 5.67 Å². The molecule has 0 aromatic heterocycles. The highest BCUT2D eigenvalue weighted by Crippen LogP contribution is 2.33. The van der Waals surface area contributed by atoms with Gasteiger partial charge in [0.2, 0.25) is 0 Å². The first-order valence-corrected chi connectivity index (χ1v) is 9.46. The van der Waals surface area contributed by atoms with Gasteiger partial charge in [0.05, 0.1) is 8.07 Å². The molecule has 0 aliphatic carbocycles. The predicted octanol–water partition coefficient (Wildman–Crippen LogP) is 4.32. The molecule has 0 aliphatic rings. The normalized spacial score (nSPS) is 14.2. The van der Waals surface area contributed by atoms with Gasteiger partial charge in [0.15, 0.2) is 0 Å². The molecule has 0 radical (unpaired) electrons. The van der Waals surface area contributed by atoms with Crippen LogP contribution in [0.1, 0.15) is 40.5 Å². The fourth-order valence-electron chi connectivity index (χ4n) is 3.45. The molecule has 1 unspecified atom stereocenters. The third-order valence-electron chi connectivity index (χ3n) is 3.76. The van der Waals surface area contributed by atoms with Crippen molar-refractivity contribution in [2.45, 2.75) is 64.3 Å². The SMILES string of the molecule is C=C(C)C(N(C)C)[Si](CC)(CCC)CCC. The van der Waals surface area contributed by atoms with E-state index in [1.165, 1.54) is 36.5 Å². The first-order valence-electron chi connectivity index (χ1n) is 6.77. The van der Waals surface area contributed by atoms with Crippen LogP contribution in [-0.2, 0) is 0 Å². The lowest BCUT2D eigenvalue weighted by molar-refractivity contribution is 0.392. The Bertz CT molecular complexity index is 205. The van der Waals surface area contributed by atoms with Crippen LogP contribution in [0, 0.1) is 0 Å². The Morgan fingerprint density at radius 2 is 1.56 bits per heavy atom. The van der Waals surface area contributed by atoms with Gasteiger partial charge < -0.3 is 4.90 Å². The largest absolute Gasteiger partial charge is 0.305 e. The molecule has 2 heteroatoms. The average molecular weight is 241 g/mol. The third kappa shape index (κ3) is 3.74. The summed E-state index contributed by atoms with van der Waals surface area (Å²) in [5.41, 5.74) is 2.04. The number of nitrogens with zero attached hydrogens (tertiary/aromatic N) is 1. The van der Waals surface area contributed by atoms with E-state index < -0.39 is 8.07 Å². The van der Waals surface area contributed by atoms with Gasteiger partial charge in [-0.25, -0.2) is 0 Å². The molecule has 1 atom stereocenters. The molecular formula is C14H31NSi. The summed E-state index contributed by atoms with van der Waals surface area (Å²) in [5.74, 6) is 0. The molecule has 0 amide bonds. The molecule has 0 aromatic rings. The van der Waals surface area contributed by atoms with Crippen molar-refractivity contribution in [2.75, 3.05) is 14.1 Å². The van der Waals surface area contributed by atoms with Crippen molar-refractivity contribution in [1.29, 1.82) is 0 Å². The van der Waals surface area contributed by atoms with Gasteiger partial charge in [0.25, 0.3) is 0 Å². The molecule has 0 saturated heterocycles. The zero-order chi connectivity index (χ0) is 12.8. The van der Waals surface area contributed by atoms with Crippen LogP contribution < -0.4 is 0 Å². The Labute approximate surface area is 104 Å². The molecular weight excluding hydrogens is 210 g/mol. The van der Waals surface area contributed by atoms with Crippen LogP contribution in [0.2, 0.25) is 18.1 Å². The molecule has 0 aromatic carbocycles. The highest BCUT2D eigenvalue weighted by atomic mass is 28.3. The summed E-state index contributed by atoms with van der Waals surface area (Å²) in [7, 11) is 3.25. The highest BCUT2D eigenvalue weighted by Gasteiger charge is 2.39. The van der Waals surface area contributed by atoms with Gasteiger partial charge in [-0.1, -0.05) is 63.9 Å². The van der Waals surface area contributed by atoms with Crippen molar-refractivity contribution in [3.63, 3.8) is 0 Å². The molecule has 0 heterocycles. The van der Waals surface area contributed by atoms with Crippen LogP contribution in [0.5, 0.6) is 0 Å². The summed E-state index contributed by atoms with van der Waals surface area (Å²) in [6.45, 7) is 13.5. The topological polar surface area (TPSA) is 3.24 Å². The van der Waals surface area contributed by atoms with E-state index in [1.54, 1.807) is 0 Å². The van der Waals surface area contributed by atoms with Gasteiger partial charge in [-0.15, -0.1) is 0 Å². The van der Waals surface area contributed by atoms with Crippen molar-refractivity contribution in [3.8, 4) is 0 Å². The lowest BCUT2D eigenvalue weighted by Crippen LogP contribution is -2.54. The quantitative estimate of drug-likeness (QED) is 0.452. The summed E-state index contributed by atoms with van der Waals surface area (Å²) in [5, 5.41) is 0. The standard InChI is InChI=1S/C14H31NSi/c1-8-11-16(10-3,12-9-2)14(13(4)5)15(6)7/h14H,4,8-12H2,1-3,5-7H3. The van der Waals surface area contributed by atoms with Gasteiger partial charge >= 0.3 is 0 Å². The second-order valence-electron chi connectivity index (χ2n) is 5.43. The van der Waals surface area contributed by atoms with Crippen molar-refractivity contribution >= 4 is 8.07 Å². The summed E-state index contributed by atoms with van der Waals surface area (Å²) in [6, 6.07) is 4.30. The van der Waals surface area contributed by atoms with Gasteiger partial charge in [-0.2, -0.15) is 0 Å². The van der Waals surface area contributed by atoms with E-state index in [4.69, 9.17) is 0 Å². The molecule has 0 saturated carbocycles. The van der Waals surface area contributed by atoms with Crippen molar-refractivity contribution in [3.05, 3.63) is 12.2 Å². The van der Waals surface area contributed by atoms with E-state index in [9.17, 15) is 0 Å². The molecule has 96 valence electrons. The lowest BCUT2D eigenvalue weighted by atomic mass is 10.3. The van der Waals surface area contributed by atoms with Crippen LogP contribution in [-0.4, -0.2) is 32.7 Å². The highest BCUT2D eigenvalue weighted by molar-refractivity contribution is 6.81. The van der Waals surface area contributed by atoms with E-state index in [1.807, 2.05) is 0 Å². The smallest absolute Gasteiger partial charge is 0.0778 e. The zero-order valence-corrected chi connectivity index (χ0v) is 13.3. The maximum Gasteiger partial charge on any atom is 0.0778 e. The van der Waals surface area contributed by atoms with Crippen LogP contribution in [0.4, 0.5) is 0 Å². The molecule has 0 N–H and O–H groups in total. The molecule has 0 bridgehead atoms. The lowest BCUT2D eigenvalue weighted by Gasteiger charge is -2.43. The molecule has 0 spiro atoms. The minimum Gasteiger partial charge on any atom is -0.305 e. The Hall–Kier alpha value is -0.0831. The summed E-state index contributed by atoms with van der Waals surface area (Å²) in [4.78, 5) is 2.42. The van der Waals surface area contributed by atoms with Gasteiger partial charge in [-0.05, 0) is 21.0 Å². The Morgan fingerprint density at radius 3 is 1.75 bits per heavy atom. The second kappa shape index (κ2) is 7.28. The monoisotopic (exact) mass is 241 g/mol. The van der Waals surface area contributed by atoms with Crippen LogP contribution >= 0.6 is 0 Å². The molecule has 1 nitrogen and oxygen atoms in total. The van der Waals surface area contributed by atoms with E-state index >= 15 is 0 Å². The Morgan fingerprint density at radius 1 is 1.12 bits per heavy atom. The zero-order valence-electron chi connectivity index (χ0n) is 12.3. The first kappa shape index (κ1) is 15.9. The second-order valence-corrected chi connectivity index (χ2v) is 10.4. The van der Waals surface area contributed by atoms with E-state index in [-0.39, 0.29) is 0 Å². The molecule has 0 rings (SSSR count). The van der Waals surface area contributed by atoms with Gasteiger partial charge in [-0.3, -0.25) is 0 Å². The first-order chi connectivity index (χ1) is 7.45.